The molecule has 0 spiro atoms. The molecule has 6 nitrogen and oxygen atoms in total. The Hall–Kier alpha value is -2.65. The van der Waals surface area contributed by atoms with Crippen molar-refractivity contribution in [1.29, 1.82) is 0 Å². The standard InChI is InChI=1S/C17H14FN3O3S2/c18-12-5-3-10(4-6-12)15-11(9-19-20-15)8-13-16(24)21(17(25)26-13)7-1-2-14(22)23/h3-6,8-9,24H,1-2,7H2,(H,22,23)/b11-8+. The van der Waals surface area contributed by atoms with Crippen LogP contribution in [0.15, 0.2) is 40.0 Å². The van der Waals surface area contributed by atoms with E-state index < -0.39 is 5.97 Å². The zero-order chi connectivity index (χ0) is 18.7. The lowest BCUT2D eigenvalue weighted by atomic mass is 10.0. The number of hydrogen-bond acceptors (Lipinski definition) is 6. The highest BCUT2D eigenvalue weighted by Crippen LogP contribution is 2.30. The summed E-state index contributed by atoms with van der Waals surface area (Å²) in [6, 6.07) is 5.90. The summed E-state index contributed by atoms with van der Waals surface area (Å²) in [5.41, 5.74) is 1.95. The number of hydrogen-bond donors (Lipinski definition) is 2. The van der Waals surface area contributed by atoms with Gasteiger partial charge in [0.1, 0.15) is 11.5 Å². The second kappa shape index (κ2) is 7.71. The van der Waals surface area contributed by atoms with Crippen molar-refractivity contribution in [2.45, 2.75) is 19.4 Å². The third-order valence-electron chi connectivity index (χ3n) is 3.70. The van der Waals surface area contributed by atoms with Crippen LogP contribution in [0.2, 0.25) is 0 Å². The van der Waals surface area contributed by atoms with Crippen LogP contribution in [0.25, 0.3) is 6.08 Å². The molecule has 2 heterocycles. The second-order valence-electron chi connectivity index (χ2n) is 5.50. The van der Waals surface area contributed by atoms with Gasteiger partial charge >= 0.3 is 5.97 Å². The molecule has 0 radical (unpaired) electrons. The molecule has 1 aliphatic heterocycles. The highest BCUT2D eigenvalue weighted by atomic mass is 32.1. The average Bonchev–Trinajstić information content (AvgIpc) is 3.15. The van der Waals surface area contributed by atoms with Crippen molar-refractivity contribution >= 4 is 47.5 Å². The maximum Gasteiger partial charge on any atom is 0.303 e. The fraction of sp³-hybridized carbons (Fsp3) is 0.176. The lowest BCUT2D eigenvalue weighted by Gasteiger charge is -2.04. The molecule has 134 valence electrons. The van der Waals surface area contributed by atoms with Crippen LogP contribution in [-0.2, 0) is 11.3 Å². The lowest BCUT2D eigenvalue weighted by Crippen LogP contribution is -2.03. The molecule has 3 rings (SSSR count). The highest BCUT2D eigenvalue weighted by Gasteiger charge is 2.17. The SMILES string of the molecule is O=C(O)CCCn1c(O)c(/C=C2\C=NN=C2c2ccc(F)cc2)sc1=S. The molecular weight excluding hydrogens is 377 g/mol. The number of carboxylic acid groups (broad SMARTS) is 1. The van der Waals surface area contributed by atoms with Gasteiger partial charge in [-0.2, -0.15) is 5.10 Å². The van der Waals surface area contributed by atoms with Crippen LogP contribution in [0.3, 0.4) is 0 Å². The first-order chi connectivity index (χ1) is 12.5. The average molecular weight is 391 g/mol. The van der Waals surface area contributed by atoms with E-state index in [1.165, 1.54) is 28.0 Å². The van der Waals surface area contributed by atoms with Gasteiger partial charge in [-0.15, -0.1) is 16.4 Å². The van der Waals surface area contributed by atoms with Gasteiger partial charge in [-0.3, -0.25) is 9.36 Å². The summed E-state index contributed by atoms with van der Waals surface area (Å²) in [6.07, 6.45) is 3.63. The molecule has 0 unspecified atom stereocenters. The monoisotopic (exact) mass is 391 g/mol. The molecule has 0 fully saturated rings. The molecular formula is C17H14FN3O3S2. The van der Waals surface area contributed by atoms with Gasteiger partial charge in [0.25, 0.3) is 0 Å². The number of carbonyl (C=O) groups is 1. The van der Waals surface area contributed by atoms with Crippen LogP contribution in [0.4, 0.5) is 4.39 Å². The van der Waals surface area contributed by atoms with Crippen LogP contribution in [0, 0.1) is 9.77 Å². The van der Waals surface area contributed by atoms with Gasteiger partial charge in [0.05, 0.1) is 11.1 Å². The minimum atomic E-state index is -0.893. The lowest BCUT2D eigenvalue weighted by molar-refractivity contribution is -0.137. The third kappa shape index (κ3) is 3.94. The van der Waals surface area contributed by atoms with E-state index in [1.807, 2.05) is 0 Å². The van der Waals surface area contributed by atoms with Crippen molar-refractivity contribution in [1.82, 2.24) is 4.57 Å². The topological polar surface area (TPSA) is 87.2 Å². The maximum absolute atomic E-state index is 13.1. The first kappa shape index (κ1) is 18.2. The third-order valence-corrected chi connectivity index (χ3v) is 5.08. The van der Waals surface area contributed by atoms with E-state index in [-0.39, 0.29) is 18.1 Å². The van der Waals surface area contributed by atoms with E-state index in [4.69, 9.17) is 17.3 Å². The molecule has 0 atom stereocenters. The summed E-state index contributed by atoms with van der Waals surface area (Å²) in [5.74, 6) is -1.25. The summed E-state index contributed by atoms with van der Waals surface area (Å²) < 4.78 is 15.1. The number of aliphatic carboxylic acids is 1. The number of carboxylic acids is 1. The smallest absolute Gasteiger partial charge is 0.303 e. The molecule has 0 saturated heterocycles. The van der Waals surface area contributed by atoms with Crippen molar-refractivity contribution in [3.63, 3.8) is 0 Å². The molecule has 1 aromatic heterocycles. The minimum absolute atomic E-state index is 0.00150. The van der Waals surface area contributed by atoms with Gasteiger partial charge in [0, 0.05) is 24.1 Å². The van der Waals surface area contributed by atoms with E-state index in [9.17, 15) is 14.3 Å². The van der Waals surface area contributed by atoms with Gasteiger partial charge in [0.2, 0.25) is 5.88 Å². The molecule has 0 bridgehead atoms. The number of aromatic nitrogens is 1. The second-order valence-corrected chi connectivity index (χ2v) is 7.18. The Morgan fingerprint density at radius 3 is 2.77 bits per heavy atom. The number of rotatable bonds is 6. The van der Waals surface area contributed by atoms with Crippen LogP contribution < -0.4 is 0 Å². The summed E-state index contributed by atoms with van der Waals surface area (Å²) in [6.45, 7) is 0.323. The van der Waals surface area contributed by atoms with Gasteiger partial charge < -0.3 is 10.2 Å². The fourth-order valence-corrected chi connectivity index (χ4v) is 3.75. The van der Waals surface area contributed by atoms with E-state index in [2.05, 4.69) is 10.2 Å². The number of nitrogens with zero attached hydrogens (tertiary/aromatic N) is 3. The van der Waals surface area contributed by atoms with E-state index >= 15 is 0 Å². The Bertz CT molecular complexity index is 988. The number of allylic oxidation sites excluding steroid dienone is 1. The van der Waals surface area contributed by atoms with Gasteiger partial charge in [0.15, 0.2) is 3.95 Å². The van der Waals surface area contributed by atoms with Crippen LogP contribution in [0.5, 0.6) is 5.88 Å². The quantitative estimate of drug-likeness (QED) is 0.732. The zero-order valence-corrected chi connectivity index (χ0v) is 15.1. The first-order valence-electron chi connectivity index (χ1n) is 7.69. The molecule has 26 heavy (non-hydrogen) atoms. The van der Waals surface area contributed by atoms with Crippen LogP contribution in [-0.4, -0.2) is 32.7 Å². The predicted octanol–water partition coefficient (Wildman–Crippen LogP) is 3.86. The van der Waals surface area contributed by atoms with Crippen molar-refractivity contribution in [2.24, 2.45) is 10.2 Å². The van der Waals surface area contributed by atoms with E-state index in [1.54, 1.807) is 24.4 Å². The highest BCUT2D eigenvalue weighted by molar-refractivity contribution is 7.73. The molecule has 2 N–H and O–H groups in total. The fourth-order valence-electron chi connectivity index (χ4n) is 2.44. The number of benzene rings is 1. The molecule has 1 aromatic carbocycles. The summed E-state index contributed by atoms with van der Waals surface area (Å²) in [5, 5.41) is 27.1. The number of thiazole rings is 1. The van der Waals surface area contributed by atoms with Gasteiger partial charge in [-0.1, -0.05) is 0 Å². The maximum atomic E-state index is 13.1. The Kier molecular flexibility index (Phi) is 5.38. The first-order valence-corrected chi connectivity index (χ1v) is 8.91. The normalized spacial score (nSPS) is 14.8. The summed E-state index contributed by atoms with van der Waals surface area (Å²) >= 11 is 6.47. The van der Waals surface area contributed by atoms with Gasteiger partial charge in [-0.25, -0.2) is 4.39 Å². The summed E-state index contributed by atoms with van der Waals surface area (Å²) in [7, 11) is 0. The Balaban J connectivity index is 1.86. The van der Waals surface area contributed by atoms with Gasteiger partial charge in [-0.05, 0) is 49.0 Å². The van der Waals surface area contributed by atoms with Crippen molar-refractivity contribution in [3.8, 4) is 5.88 Å². The van der Waals surface area contributed by atoms with E-state index in [0.29, 0.717) is 38.6 Å². The van der Waals surface area contributed by atoms with Crippen molar-refractivity contribution < 1.29 is 19.4 Å². The molecule has 0 saturated carbocycles. The van der Waals surface area contributed by atoms with E-state index in [0.717, 1.165) is 0 Å². The number of aromatic hydroxyl groups is 1. The molecule has 2 aromatic rings. The Morgan fingerprint density at radius 2 is 2.08 bits per heavy atom. The molecule has 1 aliphatic rings. The molecule has 0 amide bonds. The Labute approximate surface area is 157 Å². The Morgan fingerprint density at radius 1 is 1.35 bits per heavy atom. The minimum Gasteiger partial charge on any atom is -0.493 e. The number of halogens is 1. The van der Waals surface area contributed by atoms with Crippen LogP contribution >= 0.6 is 23.6 Å². The van der Waals surface area contributed by atoms with Crippen LogP contribution in [0.1, 0.15) is 23.3 Å². The van der Waals surface area contributed by atoms with Crippen molar-refractivity contribution in [3.05, 3.63) is 50.1 Å². The zero-order valence-electron chi connectivity index (χ0n) is 13.4. The largest absolute Gasteiger partial charge is 0.493 e. The molecule has 9 heteroatoms. The predicted molar refractivity (Wildman–Crippen MR) is 101 cm³/mol. The summed E-state index contributed by atoms with van der Waals surface area (Å²) in [4.78, 5) is 11.2. The molecule has 0 aliphatic carbocycles. The van der Waals surface area contributed by atoms with Crippen molar-refractivity contribution in [2.75, 3.05) is 0 Å².